The number of halogens is 4. The first-order chi connectivity index (χ1) is 19.5. The highest BCUT2D eigenvalue weighted by atomic mass is 32.2. The maximum atomic E-state index is 13.8. The van der Waals surface area contributed by atoms with Gasteiger partial charge in [-0.15, -0.1) is 0 Å². The molecule has 4 rings (SSSR count). The fourth-order valence-electron chi connectivity index (χ4n) is 4.86. The molecule has 0 aliphatic carbocycles. The number of hydrogen-bond acceptors (Lipinski definition) is 6. The van der Waals surface area contributed by atoms with E-state index in [2.05, 4.69) is 40.7 Å². The molecule has 2 aromatic rings. The predicted molar refractivity (Wildman–Crippen MR) is 152 cm³/mol. The zero-order chi connectivity index (χ0) is 31.0. The first kappa shape index (κ1) is 31.6. The van der Waals surface area contributed by atoms with Gasteiger partial charge in [-0.2, -0.15) is 13.2 Å². The Morgan fingerprint density at radius 2 is 1.74 bits per heavy atom. The third-order valence-corrected chi connectivity index (χ3v) is 9.51. The Morgan fingerprint density at radius 1 is 1.10 bits per heavy atom. The van der Waals surface area contributed by atoms with Crippen LogP contribution in [0.1, 0.15) is 33.3 Å². The standard InChI is InChI=1S/C29H36F4N4O4S/c1-18(2)36-16-22(17-36)19(3)34-14-20-12-21-6-9-24(35-27(38)41-28(4,5)29(31,32)33)13-26(21)37(15-20)42(39,40)25-10-7-23(30)8-11-25/h6-11,13,18,20,22,34H,3,12,14-17H2,1-2,4-5H3,(H,35,38)/t20-/m0/s1. The number of sulfonamides is 1. The number of hydrogen-bond donors (Lipinski definition) is 2. The van der Waals surface area contributed by atoms with Crippen molar-refractivity contribution < 1.29 is 35.5 Å². The highest BCUT2D eigenvalue weighted by Crippen LogP contribution is 2.37. The number of amides is 1. The second-order valence-electron chi connectivity index (χ2n) is 11.6. The van der Waals surface area contributed by atoms with Gasteiger partial charge in [0.2, 0.25) is 5.60 Å². The SMILES string of the molecule is C=C(NC[C@@H]1Cc2ccc(NC(=O)OC(C)(C)C(F)(F)F)cc2N(S(=O)(=O)c2ccc(F)cc2)C1)C1CN(C(C)C)C1. The molecule has 1 saturated heterocycles. The van der Waals surface area contributed by atoms with Crippen LogP contribution >= 0.6 is 0 Å². The van der Waals surface area contributed by atoms with Crippen molar-refractivity contribution >= 4 is 27.5 Å². The molecule has 0 unspecified atom stereocenters. The smallest absolute Gasteiger partial charge is 0.427 e. The van der Waals surface area contributed by atoms with Gasteiger partial charge in [0.15, 0.2) is 0 Å². The predicted octanol–water partition coefficient (Wildman–Crippen LogP) is 5.53. The van der Waals surface area contributed by atoms with Crippen LogP contribution < -0.4 is 14.9 Å². The lowest BCUT2D eigenvalue weighted by Crippen LogP contribution is -2.52. The Kier molecular flexibility index (Phi) is 8.85. The molecule has 13 heteroatoms. The van der Waals surface area contributed by atoms with Gasteiger partial charge in [-0.3, -0.25) is 14.5 Å². The second kappa shape index (κ2) is 11.8. The summed E-state index contributed by atoms with van der Waals surface area (Å²) >= 11 is 0. The van der Waals surface area contributed by atoms with Crippen molar-refractivity contribution in [1.29, 1.82) is 0 Å². The molecule has 1 atom stereocenters. The van der Waals surface area contributed by atoms with Gasteiger partial charge in [0.05, 0.1) is 10.6 Å². The molecule has 2 aliphatic heterocycles. The van der Waals surface area contributed by atoms with Gasteiger partial charge in [0.1, 0.15) is 5.82 Å². The lowest BCUT2D eigenvalue weighted by Gasteiger charge is -2.43. The van der Waals surface area contributed by atoms with Crippen molar-refractivity contribution in [1.82, 2.24) is 10.2 Å². The molecule has 0 aromatic heterocycles. The minimum absolute atomic E-state index is 0.0562. The molecule has 0 saturated carbocycles. The third kappa shape index (κ3) is 6.83. The second-order valence-corrected chi connectivity index (χ2v) is 13.4. The van der Waals surface area contributed by atoms with Gasteiger partial charge in [0, 0.05) is 49.5 Å². The first-order valence-electron chi connectivity index (χ1n) is 13.6. The van der Waals surface area contributed by atoms with Crippen LogP contribution in [0, 0.1) is 17.7 Å². The summed E-state index contributed by atoms with van der Waals surface area (Å²) in [5.74, 6) is -0.437. The largest absolute Gasteiger partial charge is 0.434 e. The highest BCUT2D eigenvalue weighted by molar-refractivity contribution is 7.92. The maximum Gasteiger partial charge on any atom is 0.427 e. The topological polar surface area (TPSA) is 91.0 Å². The minimum Gasteiger partial charge on any atom is -0.434 e. The van der Waals surface area contributed by atoms with Crippen LogP contribution in [-0.2, 0) is 21.2 Å². The molecular formula is C29H36F4N4O4S. The fourth-order valence-corrected chi connectivity index (χ4v) is 6.43. The monoisotopic (exact) mass is 612 g/mol. The Hall–Kier alpha value is -3.32. The van der Waals surface area contributed by atoms with Crippen LogP contribution in [0.5, 0.6) is 0 Å². The van der Waals surface area contributed by atoms with E-state index in [1.54, 1.807) is 6.07 Å². The van der Waals surface area contributed by atoms with Crippen LogP contribution in [-0.4, -0.2) is 63.4 Å². The number of anilines is 2. The van der Waals surface area contributed by atoms with Gasteiger partial charge in [-0.05, 0) is 82.0 Å². The summed E-state index contributed by atoms with van der Waals surface area (Å²) in [7, 11) is -4.17. The van der Waals surface area contributed by atoms with Gasteiger partial charge in [-0.1, -0.05) is 12.6 Å². The van der Waals surface area contributed by atoms with Crippen LogP contribution in [0.2, 0.25) is 0 Å². The minimum atomic E-state index is -4.79. The summed E-state index contributed by atoms with van der Waals surface area (Å²) in [5, 5.41) is 5.64. The molecule has 42 heavy (non-hydrogen) atoms. The molecule has 0 bridgehead atoms. The first-order valence-corrected chi connectivity index (χ1v) is 15.1. The zero-order valence-corrected chi connectivity index (χ0v) is 24.8. The van der Waals surface area contributed by atoms with E-state index in [-0.39, 0.29) is 28.7 Å². The van der Waals surface area contributed by atoms with E-state index >= 15 is 0 Å². The number of alkyl halides is 3. The number of ether oxygens (including phenoxy) is 1. The van der Waals surface area contributed by atoms with Gasteiger partial charge < -0.3 is 10.1 Å². The van der Waals surface area contributed by atoms with E-state index in [9.17, 15) is 30.8 Å². The number of fused-ring (bicyclic) bond motifs is 1. The third-order valence-electron chi connectivity index (χ3n) is 7.72. The molecule has 2 aromatic carbocycles. The van der Waals surface area contributed by atoms with Crippen molar-refractivity contribution in [3.05, 3.63) is 66.1 Å². The number of likely N-dealkylation sites (tertiary alicyclic amines) is 1. The molecule has 2 heterocycles. The van der Waals surface area contributed by atoms with Crippen molar-refractivity contribution in [2.75, 3.05) is 35.8 Å². The summed E-state index contributed by atoms with van der Waals surface area (Å²) in [6.45, 7) is 12.2. The molecule has 0 spiro atoms. The highest BCUT2D eigenvalue weighted by Gasteiger charge is 2.51. The molecular weight excluding hydrogens is 576 g/mol. The quantitative estimate of drug-likeness (QED) is 0.362. The Balaban J connectivity index is 1.56. The molecule has 2 aliphatic rings. The van der Waals surface area contributed by atoms with E-state index in [0.29, 0.717) is 30.5 Å². The van der Waals surface area contributed by atoms with E-state index in [1.807, 2.05) is 0 Å². The van der Waals surface area contributed by atoms with Crippen LogP contribution in [0.3, 0.4) is 0 Å². The number of carbonyl (C=O) groups is 1. The fraction of sp³-hybridized carbons (Fsp3) is 0.483. The Morgan fingerprint density at radius 3 is 2.33 bits per heavy atom. The zero-order valence-electron chi connectivity index (χ0n) is 24.0. The maximum absolute atomic E-state index is 13.8. The summed E-state index contributed by atoms with van der Waals surface area (Å²) in [6, 6.07) is 9.38. The van der Waals surface area contributed by atoms with Gasteiger partial charge in [-0.25, -0.2) is 17.6 Å². The lowest BCUT2D eigenvalue weighted by molar-refractivity contribution is -0.242. The van der Waals surface area contributed by atoms with Crippen LogP contribution in [0.15, 0.2) is 59.6 Å². The molecule has 8 nitrogen and oxygen atoms in total. The number of carbonyl (C=O) groups excluding carboxylic acids is 1. The van der Waals surface area contributed by atoms with Gasteiger partial charge in [0.25, 0.3) is 10.0 Å². The van der Waals surface area contributed by atoms with Crippen LogP contribution in [0.25, 0.3) is 0 Å². The summed E-state index contributed by atoms with van der Waals surface area (Å²) < 4.78 is 86.4. The number of nitrogens with zero attached hydrogens (tertiary/aromatic N) is 2. The molecule has 1 fully saturated rings. The van der Waals surface area contributed by atoms with Crippen molar-refractivity contribution in [2.45, 2.75) is 56.8 Å². The average molecular weight is 613 g/mol. The van der Waals surface area contributed by atoms with Crippen molar-refractivity contribution in [3.8, 4) is 0 Å². The van der Waals surface area contributed by atoms with E-state index in [1.165, 1.54) is 28.6 Å². The lowest BCUT2D eigenvalue weighted by atomic mass is 9.92. The van der Waals surface area contributed by atoms with E-state index < -0.39 is 33.7 Å². The summed E-state index contributed by atoms with van der Waals surface area (Å²) in [6.07, 6.45) is -5.63. The number of nitrogens with one attached hydrogen (secondary N) is 2. The molecule has 0 radical (unpaired) electrons. The molecule has 2 N–H and O–H groups in total. The average Bonchev–Trinajstić information content (AvgIpc) is 2.85. The Labute approximate surface area is 243 Å². The van der Waals surface area contributed by atoms with Crippen molar-refractivity contribution in [2.24, 2.45) is 11.8 Å². The number of benzene rings is 2. The number of rotatable bonds is 9. The molecule has 1 amide bonds. The van der Waals surface area contributed by atoms with Crippen molar-refractivity contribution in [3.63, 3.8) is 0 Å². The van der Waals surface area contributed by atoms with E-state index in [0.717, 1.165) is 44.8 Å². The Bertz CT molecular complexity index is 1420. The summed E-state index contributed by atoms with van der Waals surface area (Å²) in [4.78, 5) is 14.5. The summed E-state index contributed by atoms with van der Waals surface area (Å²) in [5.41, 5.74) is -0.867. The normalized spacial score (nSPS) is 18.3. The molecule has 230 valence electrons. The van der Waals surface area contributed by atoms with E-state index in [4.69, 9.17) is 0 Å². The van der Waals surface area contributed by atoms with Gasteiger partial charge >= 0.3 is 12.3 Å². The van der Waals surface area contributed by atoms with Crippen LogP contribution in [0.4, 0.5) is 33.7 Å².